The molecule has 1 aliphatic heterocycles. The van der Waals surface area contributed by atoms with Crippen molar-refractivity contribution in [3.63, 3.8) is 0 Å². The number of hydrogen-bond acceptors (Lipinski definition) is 5. The van der Waals surface area contributed by atoms with E-state index < -0.39 is 17.0 Å². The Morgan fingerprint density at radius 3 is 2.56 bits per heavy atom. The highest BCUT2D eigenvalue weighted by atomic mass is 19.1. The summed E-state index contributed by atoms with van der Waals surface area (Å²) in [6.07, 6.45) is 4.59. The molecule has 32 heavy (non-hydrogen) atoms. The molecule has 1 aromatic heterocycles. The third-order valence-electron chi connectivity index (χ3n) is 5.76. The molecule has 0 spiro atoms. The number of benzene rings is 2. The van der Waals surface area contributed by atoms with Crippen molar-refractivity contribution in [3.05, 3.63) is 75.8 Å². The lowest BCUT2D eigenvalue weighted by Crippen LogP contribution is -2.43. The van der Waals surface area contributed by atoms with Crippen LogP contribution in [-0.2, 0) is 6.54 Å². The Kier molecular flexibility index (Phi) is 6.37. The minimum Gasteiger partial charge on any atom is -0.497 e. The first-order chi connectivity index (χ1) is 15.5. The number of ether oxygens (including phenoxy) is 1. The van der Waals surface area contributed by atoms with Gasteiger partial charge in [-0.15, -0.1) is 0 Å². The number of halogens is 1. The fraction of sp³-hybridized carbons (Fsp3) is 0.280. The summed E-state index contributed by atoms with van der Waals surface area (Å²) in [6, 6.07) is 10.2. The molecule has 2 aromatic carbocycles. The molecule has 6 nitrogen and oxygen atoms in total. The van der Waals surface area contributed by atoms with Crippen LogP contribution in [0.1, 0.15) is 22.8 Å². The van der Waals surface area contributed by atoms with Crippen molar-refractivity contribution in [1.82, 2.24) is 9.88 Å². The highest BCUT2D eigenvalue weighted by Gasteiger charge is 2.19. The summed E-state index contributed by atoms with van der Waals surface area (Å²) in [5.74, 6) is -0.143. The Labute approximate surface area is 185 Å². The van der Waals surface area contributed by atoms with Gasteiger partial charge in [-0.1, -0.05) is 18.2 Å². The molecule has 1 aliphatic rings. The molecule has 0 radical (unpaired) electrons. The monoisotopic (exact) mass is 435 g/mol. The largest absolute Gasteiger partial charge is 0.497 e. The smallest absolute Gasteiger partial charge is 0.200 e. The third kappa shape index (κ3) is 4.29. The van der Waals surface area contributed by atoms with E-state index >= 15 is 0 Å². The molecule has 1 fully saturated rings. The van der Waals surface area contributed by atoms with Crippen LogP contribution in [0.5, 0.6) is 5.75 Å². The summed E-state index contributed by atoms with van der Waals surface area (Å²) in [6.45, 7) is 5.44. The number of carbonyl (C=O) groups is 1. The van der Waals surface area contributed by atoms with Crippen LogP contribution in [0.3, 0.4) is 0 Å². The molecule has 1 saturated heterocycles. The second kappa shape index (κ2) is 9.36. The van der Waals surface area contributed by atoms with Gasteiger partial charge in [0.05, 0.1) is 23.9 Å². The molecule has 0 amide bonds. The molecule has 0 aliphatic carbocycles. The number of hydrogen-bond donors (Lipinski definition) is 1. The number of aryl methyl sites for hydroxylation is 1. The van der Waals surface area contributed by atoms with Crippen molar-refractivity contribution in [3.8, 4) is 5.75 Å². The topological polar surface area (TPSA) is 63.6 Å². The van der Waals surface area contributed by atoms with Crippen molar-refractivity contribution in [2.75, 3.05) is 38.2 Å². The van der Waals surface area contributed by atoms with Crippen LogP contribution in [0.2, 0.25) is 0 Å². The van der Waals surface area contributed by atoms with Crippen molar-refractivity contribution in [1.29, 1.82) is 0 Å². The van der Waals surface area contributed by atoms with E-state index in [0.717, 1.165) is 24.4 Å². The lowest BCUT2D eigenvalue weighted by atomic mass is 10.1. The minimum absolute atomic E-state index is 0.0263. The van der Waals surface area contributed by atoms with Gasteiger partial charge in [0.15, 0.2) is 5.78 Å². The highest BCUT2D eigenvalue weighted by molar-refractivity contribution is 6.08. The summed E-state index contributed by atoms with van der Waals surface area (Å²) >= 11 is 0. The van der Waals surface area contributed by atoms with Gasteiger partial charge in [-0.05, 0) is 42.8 Å². The summed E-state index contributed by atoms with van der Waals surface area (Å²) < 4.78 is 21.9. The highest BCUT2D eigenvalue weighted by Crippen LogP contribution is 2.26. The molecule has 3 aromatic rings. The van der Waals surface area contributed by atoms with Gasteiger partial charge in [0.2, 0.25) is 5.43 Å². The lowest BCUT2D eigenvalue weighted by Gasteiger charge is -2.30. The van der Waals surface area contributed by atoms with Crippen LogP contribution in [-0.4, -0.2) is 43.6 Å². The zero-order valence-electron chi connectivity index (χ0n) is 18.2. The Morgan fingerprint density at radius 1 is 1.19 bits per heavy atom. The van der Waals surface area contributed by atoms with Crippen LogP contribution in [0.15, 0.2) is 53.5 Å². The van der Waals surface area contributed by atoms with Gasteiger partial charge in [0.25, 0.3) is 0 Å². The molecular formula is C25H26FN3O3. The third-order valence-corrected chi connectivity index (χ3v) is 5.76. The number of allylic oxidation sites excluding steroid dienone is 1. The van der Waals surface area contributed by atoms with Gasteiger partial charge in [-0.2, -0.15) is 0 Å². The summed E-state index contributed by atoms with van der Waals surface area (Å²) in [5.41, 5.74) is 1.49. The number of fused-ring (bicyclic) bond motifs is 1. The molecule has 2 heterocycles. The van der Waals surface area contributed by atoms with Crippen molar-refractivity contribution in [2.45, 2.75) is 13.5 Å². The van der Waals surface area contributed by atoms with Crippen LogP contribution in [0, 0.1) is 5.82 Å². The van der Waals surface area contributed by atoms with Gasteiger partial charge in [-0.25, -0.2) is 4.39 Å². The molecule has 0 atom stereocenters. The molecule has 166 valence electrons. The molecule has 0 saturated carbocycles. The molecule has 0 bridgehead atoms. The van der Waals surface area contributed by atoms with E-state index in [1.807, 2.05) is 28.5 Å². The second-order valence-electron chi connectivity index (χ2n) is 7.69. The van der Waals surface area contributed by atoms with Crippen LogP contribution in [0.4, 0.5) is 10.1 Å². The molecule has 4 rings (SSSR count). The Balaban J connectivity index is 1.72. The SMILES string of the molecule is CCn1cc(C(=O)C=Cc2ccc(OC)cc2)c(=O)c2cc(F)c(N3CCNCC3)cc21. The van der Waals surface area contributed by atoms with Gasteiger partial charge in [0.1, 0.15) is 11.6 Å². The van der Waals surface area contributed by atoms with E-state index in [-0.39, 0.29) is 10.9 Å². The fourth-order valence-electron chi connectivity index (χ4n) is 3.96. The first kappa shape index (κ1) is 21.8. The lowest BCUT2D eigenvalue weighted by molar-refractivity contribution is 0.104. The van der Waals surface area contributed by atoms with Gasteiger partial charge >= 0.3 is 0 Å². The summed E-state index contributed by atoms with van der Waals surface area (Å²) in [4.78, 5) is 27.9. The number of aromatic nitrogens is 1. The second-order valence-corrected chi connectivity index (χ2v) is 7.69. The predicted octanol–water partition coefficient (Wildman–Crippen LogP) is 3.47. The van der Waals surface area contributed by atoms with Crippen LogP contribution < -0.4 is 20.4 Å². The standard InChI is InChI=1S/C25H26FN3O3/c1-3-28-16-20(24(30)9-6-17-4-7-18(32-2)8-5-17)25(31)19-14-21(26)23(15-22(19)28)29-12-10-27-11-13-29/h4-9,14-16,27H,3,10-13H2,1-2H3. The maximum atomic E-state index is 15.0. The van der Waals surface area contributed by atoms with Gasteiger partial charge < -0.3 is 19.5 Å². The fourth-order valence-corrected chi connectivity index (χ4v) is 3.96. The van der Waals surface area contributed by atoms with E-state index in [4.69, 9.17) is 4.74 Å². The van der Waals surface area contributed by atoms with Crippen molar-refractivity contribution in [2.24, 2.45) is 0 Å². The Bertz CT molecular complexity index is 1230. The van der Waals surface area contributed by atoms with Gasteiger partial charge in [0, 0.05) is 44.3 Å². The Hall–Kier alpha value is -3.45. The predicted molar refractivity (Wildman–Crippen MR) is 125 cm³/mol. The molecule has 0 unspecified atom stereocenters. The zero-order chi connectivity index (χ0) is 22.7. The number of rotatable bonds is 6. The average molecular weight is 435 g/mol. The quantitative estimate of drug-likeness (QED) is 0.475. The van der Waals surface area contributed by atoms with E-state index in [1.54, 1.807) is 37.6 Å². The van der Waals surface area contributed by atoms with E-state index in [9.17, 15) is 14.0 Å². The van der Waals surface area contributed by atoms with E-state index in [0.29, 0.717) is 30.8 Å². The number of ketones is 1. The first-order valence-corrected chi connectivity index (χ1v) is 10.7. The number of nitrogens with zero attached hydrogens (tertiary/aromatic N) is 2. The number of methoxy groups -OCH3 is 1. The van der Waals surface area contributed by atoms with Gasteiger partial charge in [-0.3, -0.25) is 9.59 Å². The first-order valence-electron chi connectivity index (χ1n) is 10.7. The number of nitrogens with one attached hydrogen (secondary N) is 1. The number of carbonyl (C=O) groups excluding carboxylic acids is 1. The van der Waals surface area contributed by atoms with Crippen LogP contribution in [0.25, 0.3) is 17.0 Å². The number of piperazine rings is 1. The zero-order valence-corrected chi connectivity index (χ0v) is 18.2. The normalized spacial score (nSPS) is 14.3. The van der Waals surface area contributed by atoms with E-state index in [1.165, 1.54) is 12.1 Å². The summed E-state index contributed by atoms with van der Waals surface area (Å²) in [5, 5.41) is 3.47. The van der Waals surface area contributed by atoms with Crippen molar-refractivity contribution < 1.29 is 13.9 Å². The minimum atomic E-state index is -0.458. The maximum Gasteiger partial charge on any atom is 0.200 e. The molecular weight excluding hydrogens is 409 g/mol. The Morgan fingerprint density at radius 2 is 1.91 bits per heavy atom. The van der Waals surface area contributed by atoms with Crippen LogP contribution >= 0.6 is 0 Å². The maximum absolute atomic E-state index is 15.0. The number of pyridine rings is 1. The van der Waals surface area contributed by atoms with Crippen molar-refractivity contribution >= 4 is 28.4 Å². The number of anilines is 1. The molecule has 1 N–H and O–H groups in total. The molecule has 7 heteroatoms. The van der Waals surface area contributed by atoms with E-state index in [2.05, 4.69) is 5.32 Å². The summed E-state index contributed by atoms with van der Waals surface area (Å²) in [7, 11) is 1.59. The average Bonchev–Trinajstić information content (AvgIpc) is 2.83.